The third-order valence-electron chi connectivity index (χ3n) is 4.31. The highest BCUT2D eigenvalue weighted by molar-refractivity contribution is 5.97. The van der Waals surface area contributed by atoms with Crippen molar-refractivity contribution in [3.05, 3.63) is 35.3 Å². The van der Waals surface area contributed by atoms with E-state index in [2.05, 4.69) is 16.9 Å². The molecule has 20 heavy (non-hydrogen) atoms. The zero-order valence-corrected chi connectivity index (χ0v) is 11.4. The second-order valence-corrected chi connectivity index (χ2v) is 5.85. The topological polar surface area (TPSA) is 56.0 Å². The lowest BCUT2D eigenvalue weighted by atomic mass is 9.96. The smallest absolute Gasteiger partial charge is 0.195 e. The lowest BCUT2D eigenvalue weighted by Crippen LogP contribution is -2.13. The molecule has 2 aliphatic rings. The molecule has 102 valence electrons. The van der Waals surface area contributed by atoms with Gasteiger partial charge in [0.2, 0.25) is 0 Å². The van der Waals surface area contributed by atoms with Gasteiger partial charge in [-0.05, 0) is 37.3 Å². The normalized spacial score (nSPS) is 24.6. The molecule has 2 heterocycles. The molecule has 0 radical (unpaired) electrons. The molecule has 0 aliphatic heterocycles. The molecule has 2 unspecified atom stereocenters. The van der Waals surface area contributed by atoms with E-state index in [9.17, 15) is 4.79 Å². The maximum atomic E-state index is 11.8. The minimum absolute atomic E-state index is 0.157. The minimum atomic E-state index is 0.157. The molecular formula is C16H16N2O2. The van der Waals surface area contributed by atoms with Gasteiger partial charge >= 0.3 is 0 Å². The minimum Gasteiger partial charge on any atom is -0.457 e. The number of carbonyl (C=O) groups excluding carboxylic acids is 1. The number of aromatic nitrogens is 2. The Hall–Kier alpha value is -1.97. The first kappa shape index (κ1) is 11.8. The Morgan fingerprint density at radius 3 is 2.95 bits per heavy atom. The zero-order valence-electron chi connectivity index (χ0n) is 11.4. The van der Waals surface area contributed by atoms with Gasteiger partial charge in [0, 0.05) is 18.5 Å². The predicted octanol–water partition coefficient (Wildman–Crippen LogP) is 3.38. The second kappa shape index (κ2) is 4.27. The summed E-state index contributed by atoms with van der Waals surface area (Å²) in [5.41, 5.74) is 1.55. The van der Waals surface area contributed by atoms with Crippen LogP contribution in [0.4, 0.5) is 0 Å². The van der Waals surface area contributed by atoms with E-state index in [0.29, 0.717) is 29.5 Å². The molecule has 2 aromatic rings. The van der Waals surface area contributed by atoms with Gasteiger partial charge in [-0.15, -0.1) is 0 Å². The zero-order chi connectivity index (χ0) is 13.7. The van der Waals surface area contributed by atoms with Crippen LogP contribution in [0.2, 0.25) is 0 Å². The molecular weight excluding hydrogens is 252 g/mol. The molecule has 4 heteroatoms. The number of ketones is 1. The summed E-state index contributed by atoms with van der Waals surface area (Å²) >= 11 is 0. The fourth-order valence-corrected chi connectivity index (χ4v) is 2.90. The molecule has 0 saturated heterocycles. The van der Waals surface area contributed by atoms with E-state index in [1.807, 2.05) is 12.1 Å². The molecule has 0 N–H and O–H groups in total. The second-order valence-electron chi connectivity index (χ2n) is 5.85. The molecule has 2 aromatic heterocycles. The van der Waals surface area contributed by atoms with Crippen molar-refractivity contribution in [1.82, 2.24) is 9.97 Å². The Morgan fingerprint density at radius 1 is 1.30 bits per heavy atom. The fourth-order valence-electron chi connectivity index (χ4n) is 2.90. The molecule has 0 amide bonds. The lowest BCUT2D eigenvalue weighted by molar-refractivity contribution is 0.0971. The van der Waals surface area contributed by atoms with Crippen LogP contribution in [0.15, 0.2) is 22.7 Å². The maximum Gasteiger partial charge on any atom is 0.195 e. The van der Waals surface area contributed by atoms with Crippen LogP contribution < -0.4 is 0 Å². The van der Waals surface area contributed by atoms with Gasteiger partial charge < -0.3 is 4.42 Å². The van der Waals surface area contributed by atoms with Crippen LogP contribution in [0.1, 0.15) is 53.9 Å². The Kier molecular flexibility index (Phi) is 2.52. The van der Waals surface area contributed by atoms with E-state index in [-0.39, 0.29) is 5.78 Å². The largest absolute Gasteiger partial charge is 0.457 e. The third-order valence-corrected chi connectivity index (χ3v) is 4.31. The Bertz CT molecular complexity index is 690. The van der Waals surface area contributed by atoms with Crippen LogP contribution >= 0.6 is 0 Å². The van der Waals surface area contributed by atoms with Gasteiger partial charge in [0.15, 0.2) is 17.4 Å². The van der Waals surface area contributed by atoms with Crippen LogP contribution in [0.25, 0.3) is 11.6 Å². The number of rotatable bonds is 2. The summed E-state index contributed by atoms with van der Waals surface area (Å²) in [7, 11) is 0. The van der Waals surface area contributed by atoms with E-state index in [0.717, 1.165) is 30.2 Å². The number of fused-ring (bicyclic) bond motifs is 1. The Balaban J connectivity index is 1.68. The number of hydrogen-bond acceptors (Lipinski definition) is 4. The van der Waals surface area contributed by atoms with E-state index >= 15 is 0 Å². The maximum absolute atomic E-state index is 11.8. The Morgan fingerprint density at radius 2 is 2.15 bits per heavy atom. The number of carbonyl (C=O) groups is 1. The first-order chi connectivity index (χ1) is 9.72. The van der Waals surface area contributed by atoms with E-state index < -0.39 is 0 Å². The van der Waals surface area contributed by atoms with Crippen LogP contribution in [-0.4, -0.2) is 15.8 Å². The highest BCUT2D eigenvalue weighted by atomic mass is 16.3. The molecule has 0 bridgehead atoms. The molecule has 1 saturated carbocycles. The van der Waals surface area contributed by atoms with Crippen molar-refractivity contribution in [3.8, 4) is 11.6 Å². The molecule has 2 atom stereocenters. The number of hydrogen-bond donors (Lipinski definition) is 0. The van der Waals surface area contributed by atoms with Crippen molar-refractivity contribution in [2.24, 2.45) is 5.92 Å². The van der Waals surface area contributed by atoms with Crippen molar-refractivity contribution < 1.29 is 9.21 Å². The highest BCUT2D eigenvalue weighted by Gasteiger charge is 2.36. The van der Waals surface area contributed by atoms with E-state index in [1.54, 1.807) is 6.20 Å². The van der Waals surface area contributed by atoms with Gasteiger partial charge in [0.1, 0.15) is 5.76 Å². The molecule has 0 aromatic carbocycles. The monoisotopic (exact) mass is 268 g/mol. The first-order valence-corrected chi connectivity index (χ1v) is 7.21. The lowest BCUT2D eigenvalue weighted by Gasteiger charge is -2.13. The van der Waals surface area contributed by atoms with Crippen molar-refractivity contribution in [3.63, 3.8) is 0 Å². The van der Waals surface area contributed by atoms with Crippen LogP contribution in [0.5, 0.6) is 0 Å². The summed E-state index contributed by atoms with van der Waals surface area (Å²) in [5.74, 6) is 3.77. The van der Waals surface area contributed by atoms with Crippen molar-refractivity contribution in [2.75, 3.05) is 0 Å². The first-order valence-electron chi connectivity index (χ1n) is 7.21. The van der Waals surface area contributed by atoms with Gasteiger partial charge in [0.25, 0.3) is 0 Å². The average Bonchev–Trinajstić information content (AvgIpc) is 3.00. The summed E-state index contributed by atoms with van der Waals surface area (Å²) in [5, 5.41) is 0. The standard InChI is InChI=1S/C16H16N2O2/c1-9-7-10(9)14-5-6-15(20-14)16-17-8-11-12(18-16)3-2-4-13(11)19/h5-6,8-10H,2-4,7H2,1H3. The average molecular weight is 268 g/mol. The SMILES string of the molecule is CC1CC1c1ccc(-c2ncc3c(n2)CCCC3=O)o1. The third kappa shape index (κ3) is 1.87. The summed E-state index contributed by atoms with van der Waals surface area (Å²) in [6, 6.07) is 3.96. The van der Waals surface area contributed by atoms with Crippen molar-refractivity contribution in [1.29, 1.82) is 0 Å². The van der Waals surface area contributed by atoms with Crippen LogP contribution in [0.3, 0.4) is 0 Å². The van der Waals surface area contributed by atoms with Gasteiger partial charge in [0.05, 0.1) is 11.3 Å². The van der Waals surface area contributed by atoms with Crippen molar-refractivity contribution in [2.45, 2.75) is 38.5 Å². The quantitative estimate of drug-likeness (QED) is 0.837. The summed E-state index contributed by atoms with van der Waals surface area (Å²) in [4.78, 5) is 20.6. The molecule has 0 spiro atoms. The summed E-state index contributed by atoms with van der Waals surface area (Å²) < 4.78 is 5.87. The molecule has 4 nitrogen and oxygen atoms in total. The van der Waals surface area contributed by atoms with Crippen LogP contribution in [0, 0.1) is 5.92 Å². The number of aryl methyl sites for hydroxylation is 1. The number of Topliss-reactive ketones (excluding diaryl/α,β-unsaturated/α-hetero) is 1. The number of furan rings is 1. The summed E-state index contributed by atoms with van der Waals surface area (Å²) in [6.45, 7) is 2.23. The predicted molar refractivity (Wildman–Crippen MR) is 73.5 cm³/mol. The van der Waals surface area contributed by atoms with E-state index in [1.165, 1.54) is 6.42 Å². The highest BCUT2D eigenvalue weighted by Crippen LogP contribution is 2.47. The van der Waals surface area contributed by atoms with Gasteiger partial charge in [-0.2, -0.15) is 0 Å². The van der Waals surface area contributed by atoms with Crippen LogP contribution in [-0.2, 0) is 6.42 Å². The molecule has 2 aliphatic carbocycles. The fraction of sp³-hybridized carbons (Fsp3) is 0.438. The number of nitrogens with zero attached hydrogens (tertiary/aromatic N) is 2. The van der Waals surface area contributed by atoms with E-state index in [4.69, 9.17) is 4.42 Å². The van der Waals surface area contributed by atoms with Gasteiger partial charge in [-0.3, -0.25) is 4.79 Å². The van der Waals surface area contributed by atoms with Gasteiger partial charge in [-0.25, -0.2) is 9.97 Å². The van der Waals surface area contributed by atoms with Gasteiger partial charge in [-0.1, -0.05) is 6.92 Å². The molecule has 1 fully saturated rings. The molecule has 4 rings (SSSR count). The summed E-state index contributed by atoms with van der Waals surface area (Å²) in [6.07, 6.45) is 5.20. The van der Waals surface area contributed by atoms with Crippen molar-refractivity contribution >= 4 is 5.78 Å². The Labute approximate surface area is 117 Å².